The Hall–Kier alpha value is -2.37. The van der Waals surface area contributed by atoms with E-state index < -0.39 is 11.7 Å². The molecule has 0 aliphatic rings. The van der Waals surface area contributed by atoms with Crippen molar-refractivity contribution in [3.63, 3.8) is 0 Å². The van der Waals surface area contributed by atoms with Crippen molar-refractivity contribution in [2.45, 2.75) is 26.4 Å². The first-order valence-electron chi connectivity index (χ1n) is 6.45. The van der Waals surface area contributed by atoms with Crippen molar-refractivity contribution >= 4 is 11.6 Å². The van der Waals surface area contributed by atoms with E-state index in [0.29, 0.717) is 12.2 Å². The fraction of sp³-hybridized carbons (Fsp3) is 0.286. The third-order valence-electron chi connectivity index (χ3n) is 2.95. The number of nitrogens with two attached hydrogens (primary N) is 1. The fourth-order valence-electron chi connectivity index (χ4n) is 1.96. The van der Waals surface area contributed by atoms with Crippen LogP contribution in [0.15, 0.2) is 30.6 Å². The van der Waals surface area contributed by atoms with Gasteiger partial charge in [0.1, 0.15) is 11.6 Å². The molecule has 0 saturated carbocycles. The van der Waals surface area contributed by atoms with Crippen LogP contribution in [0.3, 0.4) is 0 Å². The summed E-state index contributed by atoms with van der Waals surface area (Å²) >= 11 is 0. The molecular formula is C14H17FN4O. The van der Waals surface area contributed by atoms with Crippen LogP contribution in [0.25, 0.3) is 0 Å². The number of imidazole rings is 1. The Kier molecular flexibility index (Phi) is 4.34. The van der Waals surface area contributed by atoms with E-state index in [4.69, 9.17) is 5.73 Å². The average Bonchev–Trinajstić information content (AvgIpc) is 2.85. The minimum Gasteiger partial charge on any atom is -0.378 e. The van der Waals surface area contributed by atoms with Crippen LogP contribution in [0.1, 0.15) is 29.5 Å². The van der Waals surface area contributed by atoms with E-state index in [0.717, 1.165) is 18.8 Å². The average molecular weight is 276 g/mol. The topological polar surface area (TPSA) is 72.9 Å². The van der Waals surface area contributed by atoms with Crippen LogP contribution < -0.4 is 11.1 Å². The van der Waals surface area contributed by atoms with Crippen LogP contribution in [0.2, 0.25) is 0 Å². The molecule has 0 atom stereocenters. The Morgan fingerprint density at radius 3 is 3.00 bits per heavy atom. The molecule has 1 aromatic carbocycles. The van der Waals surface area contributed by atoms with Crippen LogP contribution in [0, 0.1) is 5.82 Å². The van der Waals surface area contributed by atoms with Crippen molar-refractivity contribution in [1.29, 1.82) is 0 Å². The molecule has 0 bridgehead atoms. The first-order chi connectivity index (χ1) is 9.61. The number of aryl methyl sites for hydroxylation is 1. The number of hydrogen-bond acceptors (Lipinski definition) is 3. The summed E-state index contributed by atoms with van der Waals surface area (Å²) in [6, 6.07) is 4.20. The van der Waals surface area contributed by atoms with E-state index in [9.17, 15) is 9.18 Å². The smallest absolute Gasteiger partial charge is 0.251 e. The number of anilines is 1. The molecule has 0 saturated heterocycles. The van der Waals surface area contributed by atoms with Gasteiger partial charge in [-0.15, -0.1) is 0 Å². The van der Waals surface area contributed by atoms with Gasteiger partial charge >= 0.3 is 0 Å². The third kappa shape index (κ3) is 3.14. The number of hydrogen-bond donors (Lipinski definition) is 2. The summed E-state index contributed by atoms with van der Waals surface area (Å²) < 4.78 is 15.4. The molecule has 1 aromatic heterocycles. The molecule has 0 spiro atoms. The Labute approximate surface area is 116 Å². The van der Waals surface area contributed by atoms with Crippen LogP contribution in [-0.4, -0.2) is 15.5 Å². The minimum absolute atomic E-state index is 0.119. The van der Waals surface area contributed by atoms with Crippen molar-refractivity contribution in [1.82, 2.24) is 9.55 Å². The second kappa shape index (κ2) is 6.18. The second-order valence-corrected chi connectivity index (χ2v) is 4.45. The van der Waals surface area contributed by atoms with Crippen molar-refractivity contribution in [3.05, 3.63) is 47.8 Å². The van der Waals surface area contributed by atoms with Crippen molar-refractivity contribution in [2.24, 2.45) is 5.73 Å². The fourth-order valence-corrected chi connectivity index (χ4v) is 1.96. The number of rotatable bonds is 6. The van der Waals surface area contributed by atoms with Crippen molar-refractivity contribution in [3.8, 4) is 0 Å². The number of primary amides is 1. The Morgan fingerprint density at radius 2 is 2.30 bits per heavy atom. The maximum absolute atomic E-state index is 13.4. The van der Waals surface area contributed by atoms with Gasteiger partial charge in [0.05, 0.1) is 12.1 Å². The van der Waals surface area contributed by atoms with Gasteiger partial charge in [-0.2, -0.15) is 0 Å². The van der Waals surface area contributed by atoms with E-state index in [1.165, 1.54) is 12.1 Å². The van der Waals surface area contributed by atoms with Crippen molar-refractivity contribution < 1.29 is 9.18 Å². The van der Waals surface area contributed by atoms with E-state index >= 15 is 0 Å². The van der Waals surface area contributed by atoms with Crippen LogP contribution >= 0.6 is 0 Å². The minimum atomic E-state index is -0.779. The van der Waals surface area contributed by atoms with E-state index in [2.05, 4.69) is 17.2 Å². The molecule has 1 amide bonds. The van der Waals surface area contributed by atoms with Crippen molar-refractivity contribution in [2.75, 3.05) is 5.32 Å². The summed E-state index contributed by atoms with van der Waals surface area (Å²) in [6.45, 7) is 3.49. The zero-order valence-electron chi connectivity index (χ0n) is 11.3. The quantitative estimate of drug-likeness (QED) is 0.849. The first kappa shape index (κ1) is 14.0. The van der Waals surface area contributed by atoms with Gasteiger partial charge in [-0.3, -0.25) is 4.79 Å². The largest absolute Gasteiger partial charge is 0.378 e. The highest BCUT2D eigenvalue weighted by molar-refractivity contribution is 5.94. The predicted molar refractivity (Wildman–Crippen MR) is 74.8 cm³/mol. The van der Waals surface area contributed by atoms with Gasteiger partial charge in [0.2, 0.25) is 0 Å². The van der Waals surface area contributed by atoms with Crippen LogP contribution in [-0.2, 0) is 13.1 Å². The number of aromatic nitrogens is 2. The number of benzene rings is 1. The number of halogens is 1. The zero-order chi connectivity index (χ0) is 14.5. The Balaban J connectivity index is 2.09. The first-order valence-corrected chi connectivity index (χ1v) is 6.45. The molecule has 2 aromatic rings. The highest BCUT2D eigenvalue weighted by atomic mass is 19.1. The van der Waals surface area contributed by atoms with E-state index in [1.54, 1.807) is 12.3 Å². The Morgan fingerprint density at radius 1 is 1.50 bits per heavy atom. The summed E-state index contributed by atoms with van der Waals surface area (Å²) in [4.78, 5) is 15.3. The van der Waals surface area contributed by atoms with Gasteiger partial charge < -0.3 is 15.6 Å². The van der Waals surface area contributed by atoms with Gasteiger partial charge in [-0.25, -0.2) is 9.37 Å². The Bertz CT molecular complexity index is 609. The lowest BCUT2D eigenvalue weighted by atomic mass is 10.2. The SMILES string of the molecule is CCCn1ccnc1CNc1ccc(F)c(C(N)=O)c1. The van der Waals surface area contributed by atoms with E-state index in [-0.39, 0.29) is 5.56 Å². The normalized spacial score (nSPS) is 10.5. The molecule has 2 rings (SSSR count). The molecule has 0 fully saturated rings. The standard InChI is InChI=1S/C14H17FN4O/c1-2-6-19-7-5-17-13(19)9-18-10-3-4-12(15)11(8-10)14(16)20/h3-5,7-8,18H,2,6,9H2,1H3,(H2,16,20). The maximum Gasteiger partial charge on any atom is 0.251 e. The number of amides is 1. The van der Waals surface area contributed by atoms with Gasteiger partial charge in [0, 0.05) is 24.6 Å². The predicted octanol–water partition coefficient (Wildman–Crippen LogP) is 2.14. The third-order valence-corrected chi connectivity index (χ3v) is 2.95. The molecule has 0 radical (unpaired) electrons. The highest BCUT2D eigenvalue weighted by Gasteiger charge is 2.09. The summed E-state index contributed by atoms with van der Waals surface area (Å²) in [5.74, 6) is -0.508. The lowest BCUT2D eigenvalue weighted by Crippen LogP contribution is -2.14. The van der Waals surface area contributed by atoms with E-state index in [1.807, 2.05) is 10.8 Å². The maximum atomic E-state index is 13.4. The molecule has 3 N–H and O–H groups in total. The number of carbonyl (C=O) groups excluding carboxylic acids is 1. The molecular weight excluding hydrogens is 259 g/mol. The molecule has 1 heterocycles. The summed E-state index contributed by atoms with van der Waals surface area (Å²) in [7, 11) is 0. The molecule has 0 aliphatic carbocycles. The van der Waals surface area contributed by atoms with Crippen LogP contribution in [0.4, 0.5) is 10.1 Å². The molecule has 6 heteroatoms. The highest BCUT2D eigenvalue weighted by Crippen LogP contribution is 2.15. The monoisotopic (exact) mass is 276 g/mol. The molecule has 0 aliphatic heterocycles. The lowest BCUT2D eigenvalue weighted by molar-refractivity contribution is 0.0996. The van der Waals surface area contributed by atoms with Gasteiger partial charge in [-0.05, 0) is 24.6 Å². The molecule has 5 nitrogen and oxygen atoms in total. The summed E-state index contributed by atoms with van der Waals surface area (Å²) in [5.41, 5.74) is 5.63. The second-order valence-electron chi connectivity index (χ2n) is 4.45. The zero-order valence-corrected chi connectivity index (χ0v) is 11.3. The summed E-state index contributed by atoms with van der Waals surface area (Å²) in [6.07, 6.45) is 4.68. The van der Waals surface area contributed by atoms with Gasteiger partial charge in [0.25, 0.3) is 5.91 Å². The number of nitrogens with one attached hydrogen (secondary N) is 1. The molecule has 0 unspecified atom stereocenters. The molecule has 20 heavy (non-hydrogen) atoms. The molecule has 106 valence electrons. The lowest BCUT2D eigenvalue weighted by Gasteiger charge is -2.10. The number of carbonyl (C=O) groups is 1. The van der Waals surface area contributed by atoms with Gasteiger partial charge in [-0.1, -0.05) is 6.92 Å². The number of nitrogens with zero attached hydrogens (tertiary/aromatic N) is 2. The summed E-state index contributed by atoms with van der Waals surface area (Å²) in [5, 5.41) is 3.11. The van der Waals surface area contributed by atoms with Gasteiger partial charge in [0.15, 0.2) is 0 Å². The van der Waals surface area contributed by atoms with Crippen LogP contribution in [0.5, 0.6) is 0 Å².